The highest BCUT2D eigenvalue weighted by Crippen LogP contribution is 2.37. The second-order valence-electron chi connectivity index (χ2n) is 8.86. The molecule has 1 saturated carbocycles. The van der Waals surface area contributed by atoms with Crippen LogP contribution < -0.4 is 21.5 Å². The monoisotopic (exact) mass is 503 g/mol. The van der Waals surface area contributed by atoms with E-state index in [0.29, 0.717) is 25.5 Å². The van der Waals surface area contributed by atoms with Crippen LogP contribution in [0.25, 0.3) is 5.65 Å². The maximum Gasteiger partial charge on any atom is 0.274 e. The van der Waals surface area contributed by atoms with Gasteiger partial charge in [-0.15, -0.1) is 0 Å². The van der Waals surface area contributed by atoms with Crippen molar-refractivity contribution >= 4 is 28.9 Å². The van der Waals surface area contributed by atoms with Gasteiger partial charge in [-0.2, -0.15) is 9.61 Å². The number of nitrogens with one attached hydrogen (secondary N) is 3. The molecule has 0 bridgehead atoms. The molecule has 1 aliphatic heterocycles. The molecule has 2 fully saturated rings. The van der Waals surface area contributed by atoms with Crippen LogP contribution in [-0.4, -0.2) is 70.5 Å². The highest BCUT2D eigenvalue weighted by atomic mass is 19.3. The predicted molar refractivity (Wildman–Crippen MR) is 127 cm³/mol. The predicted octanol–water partition coefficient (Wildman–Crippen LogP) is 2.18. The summed E-state index contributed by atoms with van der Waals surface area (Å²) in [5.41, 5.74) is 0.216. The molecule has 1 saturated heterocycles. The summed E-state index contributed by atoms with van der Waals surface area (Å²) in [6, 6.07) is 3.61. The molecule has 1 aliphatic carbocycles. The van der Waals surface area contributed by atoms with Crippen molar-refractivity contribution in [2.24, 2.45) is 0 Å². The van der Waals surface area contributed by atoms with Gasteiger partial charge < -0.3 is 30.0 Å². The van der Waals surface area contributed by atoms with Crippen molar-refractivity contribution in [2.75, 3.05) is 38.0 Å². The van der Waals surface area contributed by atoms with E-state index in [1.54, 1.807) is 43.1 Å². The summed E-state index contributed by atoms with van der Waals surface area (Å²) in [6.07, 6.45) is 3.32. The zero-order valence-electron chi connectivity index (χ0n) is 19.8. The second-order valence-corrected chi connectivity index (χ2v) is 8.86. The number of ether oxygens (including phenoxy) is 2. The van der Waals surface area contributed by atoms with E-state index in [0.717, 1.165) is 0 Å². The lowest BCUT2D eigenvalue weighted by atomic mass is 9.88. The van der Waals surface area contributed by atoms with Gasteiger partial charge in [0, 0.05) is 39.4 Å². The summed E-state index contributed by atoms with van der Waals surface area (Å²) in [7, 11) is 3.25. The molecule has 11 nitrogen and oxygen atoms in total. The van der Waals surface area contributed by atoms with E-state index in [9.17, 15) is 18.4 Å². The smallest absolute Gasteiger partial charge is 0.274 e. The Bertz CT molecular complexity index is 1340. The molecule has 0 radical (unpaired) electrons. The number of pyridine rings is 1. The number of amides is 1. The van der Waals surface area contributed by atoms with E-state index in [2.05, 4.69) is 26.0 Å². The summed E-state index contributed by atoms with van der Waals surface area (Å²) in [6.45, 7) is 0.922. The fourth-order valence-corrected chi connectivity index (χ4v) is 4.53. The number of rotatable bonds is 7. The van der Waals surface area contributed by atoms with Gasteiger partial charge in [0.05, 0.1) is 24.9 Å². The first-order valence-corrected chi connectivity index (χ1v) is 11.7. The molecule has 3 aromatic heterocycles. The first kappa shape index (κ1) is 24.1. The topological polar surface area (TPSA) is 124 Å². The molecule has 36 heavy (non-hydrogen) atoms. The summed E-state index contributed by atoms with van der Waals surface area (Å²) in [4.78, 5) is 30.5. The number of hydrogen-bond acceptors (Lipinski definition) is 8. The Hall–Kier alpha value is -3.58. The fourth-order valence-electron chi connectivity index (χ4n) is 4.53. The minimum absolute atomic E-state index is 0.0495. The van der Waals surface area contributed by atoms with Crippen LogP contribution in [0.1, 0.15) is 35.7 Å². The summed E-state index contributed by atoms with van der Waals surface area (Å²) in [5.74, 6) is -2.85. The third kappa shape index (κ3) is 4.28. The van der Waals surface area contributed by atoms with Crippen molar-refractivity contribution in [3.05, 3.63) is 46.5 Å². The normalized spacial score (nSPS) is 23.2. The number of anilines is 3. The Morgan fingerprint density at radius 2 is 2.17 bits per heavy atom. The number of alkyl halides is 2. The van der Waals surface area contributed by atoms with Gasteiger partial charge in [-0.25, -0.2) is 13.8 Å². The Morgan fingerprint density at radius 1 is 1.33 bits per heavy atom. The number of aromatic nitrogens is 4. The average molecular weight is 504 g/mol. The quantitative estimate of drug-likeness (QED) is 0.448. The zero-order chi connectivity index (χ0) is 25.4. The first-order valence-electron chi connectivity index (χ1n) is 11.7. The molecule has 3 atom stereocenters. The van der Waals surface area contributed by atoms with Crippen molar-refractivity contribution in [3.63, 3.8) is 0 Å². The summed E-state index contributed by atoms with van der Waals surface area (Å²) < 4.78 is 41.3. The van der Waals surface area contributed by atoms with Gasteiger partial charge in [0.15, 0.2) is 5.65 Å². The molecule has 13 heteroatoms. The van der Waals surface area contributed by atoms with Crippen LogP contribution in [0.3, 0.4) is 0 Å². The number of carbonyl (C=O) groups excluding carboxylic acids is 1. The molecule has 4 heterocycles. The standard InChI is InChI=1S/C23H27F2N7O4/c1-26-19-10-18(28-14-4-3-8-31(22(14)34)15-6-9-36-12-16(15)35-2)30-20-13(11-27-32(19)20)21(33)29-17-5-7-23(17,24)25/h3-4,8,10-11,15-17,26H,5-7,9,12H2,1-2H3,(H,28,30)(H,29,33)/t15-,16+,17+/m1/s1. The first-order chi connectivity index (χ1) is 17.3. The Balaban J connectivity index is 1.46. The lowest BCUT2D eigenvalue weighted by molar-refractivity contribution is -0.102. The molecule has 5 rings (SSSR count). The molecule has 3 aromatic rings. The molecule has 192 valence electrons. The fraction of sp³-hybridized carbons (Fsp3) is 0.478. The van der Waals surface area contributed by atoms with Crippen LogP contribution in [0, 0.1) is 0 Å². The minimum atomic E-state index is -2.92. The lowest BCUT2D eigenvalue weighted by Gasteiger charge is -2.36. The van der Waals surface area contributed by atoms with E-state index in [-0.39, 0.29) is 53.3 Å². The highest BCUT2D eigenvalue weighted by Gasteiger charge is 2.49. The minimum Gasteiger partial charge on any atom is -0.379 e. The van der Waals surface area contributed by atoms with Gasteiger partial charge in [-0.3, -0.25) is 9.59 Å². The van der Waals surface area contributed by atoms with Crippen molar-refractivity contribution in [1.82, 2.24) is 24.5 Å². The molecule has 0 spiro atoms. The molecule has 0 unspecified atom stereocenters. The lowest BCUT2D eigenvalue weighted by Crippen LogP contribution is -2.55. The molecule has 1 amide bonds. The van der Waals surface area contributed by atoms with Gasteiger partial charge >= 0.3 is 0 Å². The summed E-state index contributed by atoms with van der Waals surface area (Å²) >= 11 is 0. The molecule has 0 aromatic carbocycles. The van der Waals surface area contributed by atoms with Crippen molar-refractivity contribution in [1.29, 1.82) is 0 Å². The third-order valence-electron chi connectivity index (χ3n) is 6.72. The maximum atomic E-state index is 13.7. The van der Waals surface area contributed by atoms with Crippen LogP contribution in [0.2, 0.25) is 0 Å². The van der Waals surface area contributed by atoms with E-state index in [1.807, 2.05) is 0 Å². The third-order valence-corrected chi connectivity index (χ3v) is 6.72. The van der Waals surface area contributed by atoms with E-state index in [4.69, 9.17) is 9.47 Å². The molecular weight excluding hydrogens is 476 g/mol. The number of carbonyl (C=O) groups is 1. The van der Waals surface area contributed by atoms with Crippen LogP contribution >= 0.6 is 0 Å². The maximum absolute atomic E-state index is 13.7. The van der Waals surface area contributed by atoms with E-state index < -0.39 is 17.9 Å². The van der Waals surface area contributed by atoms with Gasteiger partial charge in [0.2, 0.25) is 0 Å². The largest absolute Gasteiger partial charge is 0.379 e. The number of fused-ring (bicyclic) bond motifs is 1. The number of hydrogen-bond donors (Lipinski definition) is 3. The zero-order valence-corrected chi connectivity index (χ0v) is 19.8. The Morgan fingerprint density at radius 3 is 2.86 bits per heavy atom. The van der Waals surface area contributed by atoms with Crippen molar-refractivity contribution in [3.8, 4) is 0 Å². The second kappa shape index (κ2) is 9.47. The average Bonchev–Trinajstić information content (AvgIpc) is 3.31. The number of halogens is 2. The van der Waals surface area contributed by atoms with Crippen molar-refractivity contribution < 1.29 is 23.0 Å². The van der Waals surface area contributed by atoms with Crippen LogP contribution in [0.5, 0.6) is 0 Å². The van der Waals surface area contributed by atoms with E-state index in [1.165, 1.54) is 10.7 Å². The SMILES string of the molecule is CNc1cc(Nc2cccn([C@@H]3CCOC[C@@H]3OC)c2=O)nc2c(C(=O)N[C@H]3CCC3(F)F)cnn12. The number of nitrogens with zero attached hydrogens (tertiary/aromatic N) is 4. The van der Waals surface area contributed by atoms with Gasteiger partial charge in [0.1, 0.15) is 29.0 Å². The Labute approximate surface area is 204 Å². The van der Waals surface area contributed by atoms with Gasteiger partial charge in [-0.05, 0) is 25.0 Å². The molecule has 3 N–H and O–H groups in total. The van der Waals surface area contributed by atoms with Crippen molar-refractivity contribution in [2.45, 2.75) is 43.4 Å². The highest BCUT2D eigenvalue weighted by molar-refractivity contribution is 6.00. The van der Waals surface area contributed by atoms with Crippen LogP contribution in [0.15, 0.2) is 35.4 Å². The number of methoxy groups -OCH3 is 1. The van der Waals surface area contributed by atoms with Gasteiger partial charge in [0.25, 0.3) is 17.4 Å². The van der Waals surface area contributed by atoms with Crippen LogP contribution in [0.4, 0.5) is 26.1 Å². The van der Waals surface area contributed by atoms with E-state index >= 15 is 0 Å². The summed E-state index contributed by atoms with van der Waals surface area (Å²) in [5, 5.41) is 12.6. The van der Waals surface area contributed by atoms with Gasteiger partial charge in [-0.1, -0.05) is 0 Å². The molecule has 2 aliphatic rings. The van der Waals surface area contributed by atoms with Crippen LogP contribution in [-0.2, 0) is 9.47 Å². The molecular formula is C23H27F2N7O4. The Kier molecular flexibility index (Phi) is 6.35.